The Labute approximate surface area is 117 Å². The van der Waals surface area contributed by atoms with Crippen LogP contribution in [-0.4, -0.2) is 39.1 Å². The molecule has 6 heteroatoms. The Morgan fingerprint density at radius 2 is 2.00 bits per heavy atom. The molecule has 1 aromatic rings. The van der Waals surface area contributed by atoms with Gasteiger partial charge in [-0.3, -0.25) is 10.2 Å². The predicted molar refractivity (Wildman–Crippen MR) is 73.3 cm³/mol. The standard InChI is InChI=1S/C14H19N3O3/c1-9-4-3-5-10(2)17(9)16-13(18)11-6-7-15-12(8-11)14(19)20/h6-10H,3-5H2,1-2H3,(H,16,18)(H,19,20). The Kier molecular flexibility index (Phi) is 4.34. The number of carbonyl (C=O) groups excluding carboxylic acids is 1. The molecule has 1 amide bonds. The zero-order valence-electron chi connectivity index (χ0n) is 11.7. The second kappa shape index (κ2) is 6.00. The first-order chi connectivity index (χ1) is 9.49. The maximum atomic E-state index is 12.2. The smallest absolute Gasteiger partial charge is 0.354 e. The highest BCUT2D eigenvalue weighted by Gasteiger charge is 2.26. The summed E-state index contributed by atoms with van der Waals surface area (Å²) in [5, 5.41) is 10.8. The summed E-state index contributed by atoms with van der Waals surface area (Å²) in [7, 11) is 0. The summed E-state index contributed by atoms with van der Waals surface area (Å²) in [5.41, 5.74) is 3.05. The van der Waals surface area contributed by atoms with E-state index in [4.69, 9.17) is 5.11 Å². The first-order valence-corrected chi connectivity index (χ1v) is 6.77. The molecule has 1 aliphatic rings. The third-order valence-electron chi connectivity index (χ3n) is 3.67. The van der Waals surface area contributed by atoms with Crippen LogP contribution in [-0.2, 0) is 0 Å². The van der Waals surface area contributed by atoms with E-state index < -0.39 is 5.97 Å². The number of nitrogens with one attached hydrogen (secondary N) is 1. The number of amides is 1. The van der Waals surface area contributed by atoms with Gasteiger partial charge >= 0.3 is 5.97 Å². The molecule has 1 aromatic heterocycles. The molecule has 0 saturated carbocycles. The number of hydrogen-bond acceptors (Lipinski definition) is 4. The third-order valence-corrected chi connectivity index (χ3v) is 3.67. The lowest BCUT2D eigenvalue weighted by molar-refractivity contribution is 0.0369. The van der Waals surface area contributed by atoms with Gasteiger partial charge in [0.05, 0.1) is 0 Å². The summed E-state index contributed by atoms with van der Waals surface area (Å²) in [4.78, 5) is 26.8. The molecule has 0 aromatic carbocycles. The number of carboxylic acids is 1. The van der Waals surface area contributed by atoms with Crippen LogP contribution in [0.1, 0.15) is 54.0 Å². The van der Waals surface area contributed by atoms with E-state index in [9.17, 15) is 9.59 Å². The Hall–Kier alpha value is -1.95. The highest BCUT2D eigenvalue weighted by atomic mass is 16.4. The maximum absolute atomic E-state index is 12.2. The number of rotatable bonds is 3. The molecule has 1 aliphatic heterocycles. The van der Waals surface area contributed by atoms with E-state index in [-0.39, 0.29) is 23.7 Å². The van der Waals surface area contributed by atoms with Crippen LogP contribution in [0.3, 0.4) is 0 Å². The van der Waals surface area contributed by atoms with Crippen molar-refractivity contribution in [2.24, 2.45) is 0 Å². The van der Waals surface area contributed by atoms with Gasteiger partial charge in [-0.25, -0.2) is 14.8 Å². The minimum Gasteiger partial charge on any atom is -0.477 e. The molecule has 6 nitrogen and oxygen atoms in total. The lowest BCUT2D eigenvalue weighted by Gasteiger charge is -2.38. The fourth-order valence-electron chi connectivity index (χ4n) is 2.51. The third kappa shape index (κ3) is 3.14. The van der Waals surface area contributed by atoms with Crippen LogP contribution in [0.4, 0.5) is 0 Å². The molecule has 0 aliphatic carbocycles. The van der Waals surface area contributed by atoms with Crippen molar-refractivity contribution in [1.82, 2.24) is 15.4 Å². The number of aromatic carboxylic acids is 1. The number of hydrazine groups is 1. The summed E-state index contributed by atoms with van der Waals surface area (Å²) in [6.45, 7) is 4.15. The highest BCUT2D eigenvalue weighted by Crippen LogP contribution is 2.20. The van der Waals surface area contributed by atoms with Gasteiger partial charge in [0.1, 0.15) is 5.69 Å². The van der Waals surface area contributed by atoms with Crippen molar-refractivity contribution in [3.8, 4) is 0 Å². The molecule has 2 N–H and O–H groups in total. The van der Waals surface area contributed by atoms with E-state index in [1.807, 2.05) is 5.01 Å². The molecule has 0 spiro atoms. The number of nitrogens with zero attached hydrogens (tertiary/aromatic N) is 2. The van der Waals surface area contributed by atoms with Crippen LogP contribution in [0.15, 0.2) is 18.3 Å². The van der Waals surface area contributed by atoms with Gasteiger partial charge in [0.15, 0.2) is 0 Å². The van der Waals surface area contributed by atoms with Gasteiger partial charge in [-0.05, 0) is 38.8 Å². The molecular formula is C14H19N3O3. The molecule has 108 valence electrons. The second-order valence-electron chi connectivity index (χ2n) is 5.21. The number of pyridine rings is 1. The largest absolute Gasteiger partial charge is 0.477 e. The van der Waals surface area contributed by atoms with Crippen molar-refractivity contribution < 1.29 is 14.7 Å². The summed E-state index contributed by atoms with van der Waals surface area (Å²) in [6, 6.07) is 3.37. The molecule has 2 heterocycles. The molecule has 0 bridgehead atoms. The number of hydrogen-bond donors (Lipinski definition) is 2. The van der Waals surface area contributed by atoms with E-state index in [0.29, 0.717) is 5.56 Å². The average molecular weight is 277 g/mol. The van der Waals surface area contributed by atoms with Crippen molar-refractivity contribution in [3.05, 3.63) is 29.6 Å². The number of carbonyl (C=O) groups is 2. The van der Waals surface area contributed by atoms with Crippen LogP contribution in [0, 0.1) is 0 Å². The van der Waals surface area contributed by atoms with Crippen molar-refractivity contribution in [2.75, 3.05) is 0 Å². The van der Waals surface area contributed by atoms with Gasteiger partial charge in [0.25, 0.3) is 5.91 Å². The van der Waals surface area contributed by atoms with Crippen LogP contribution in [0.2, 0.25) is 0 Å². The predicted octanol–water partition coefficient (Wildman–Crippen LogP) is 1.69. The van der Waals surface area contributed by atoms with Gasteiger partial charge in [-0.2, -0.15) is 0 Å². The van der Waals surface area contributed by atoms with Crippen molar-refractivity contribution >= 4 is 11.9 Å². The van der Waals surface area contributed by atoms with Gasteiger partial charge < -0.3 is 5.11 Å². The molecule has 2 atom stereocenters. The summed E-state index contributed by atoms with van der Waals surface area (Å²) in [6.07, 6.45) is 4.58. The Bertz CT molecular complexity index is 508. The normalized spacial score (nSPS) is 23.3. The van der Waals surface area contributed by atoms with Gasteiger partial charge in [-0.15, -0.1) is 0 Å². The van der Waals surface area contributed by atoms with E-state index in [1.54, 1.807) is 0 Å². The van der Waals surface area contributed by atoms with E-state index in [0.717, 1.165) is 19.3 Å². The van der Waals surface area contributed by atoms with E-state index in [1.165, 1.54) is 18.3 Å². The second-order valence-corrected chi connectivity index (χ2v) is 5.21. The lowest BCUT2D eigenvalue weighted by atomic mass is 10.00. The Morgan fingerprint density at radius 3 is 2.60 bits per heavy atom. The fourth-order valence-corrected chi connectivity index (χ4v) is 2.51. The number of aromatic nitrogens is 1. The molecule has 1 fully saturated rings. The maximum Gasteiger partial charge on any atom is 0.354 e. The quantitative estimate of drug-likeness (QED) is 0.878. The summed E-state index contributed by atoms with van der Waals surface area (Å²) in [5.74, 6) is -1.44. The molecule has 2 unspecified atom stereocenters. The monoisotopic (exact) mass is 277 g/mol. The fraction of sp³-hybridized carbons (Fsp3) is 0.500. The molecule has 0 radical (unpaired) electrons. The SMILES string of the molecule is CC1CCCC(C)N1NC(=O)c1ccnc(C(=O)O)c1. The molecule has 2 rings (SSSR count). The zero-order chi connectivity index (χ0) is 14.7. The van der Waals surface area contributed by atoms with Crippen LogP contribution in [0.5, 0.6) is 0 Å². The van der Waals surface area contributed by atoms with Crippen LogP contribution >= 0.6 is 0 Å². The molecule has 20 heavy (non-hydrogen) atoms. The van der Waals surface area contributed by atoms with E-state index in [2.05, 4.69) is 24.3 Å². The van der Waals surface area contributed by atoms with Crippen molar-refractivity contribution in [1.29, 1.82) is 0 Å². The first kappa shape index (κ1) is 14.5. The molecule has 1 saturated heterocycles. The Morgan fingerprint density at radius 1 is 1.35 bits per heavy atom. The summed E-state index contributed by atoms with van der Waals surface area (Å²) < 4.78 is 0. The first-order valence-electron chi connectivity index (χ1n) is 6.77. The zero-order valence-corrected chi connectivity index (χ0v) is 11.7. The minimum absolute atomic E-state index is 0.127. The number of carboxylic acid groups (broad SMARTS) is 1. The number of piperidine rings is 1. The van der Waals surface area contributed by atoms with Gasteiger partial charge in [0.2, 0.25) is 0 Å². The van der Waals surface area contributed by atoms with Crippen molar-refractivity contribution in [2.45, 2.75) is 45.2 Å². The lowest BCUT2D eigenvalue weighted by Crippen LogP contribution is -2.54. The Balaban J connectivity index is 2.11. The highest BCUT2D eigenvalue weighted by molar-refractivity contribution is 5.96. The summed E-state index contributed by atoms with van der Waals surface area (Å²) >= 11 is 0. The molecular weight excluding hydrogens is 258 g/mol. The average Bonchev–Trinajstić information content (AvgIpc) is 2.43. The van der Waals surface area contributed by atoms with Gasteiger partial charge in [-0.1, -0.05) is 6.42 Å². The van der Waals surface area contributed by atoms with Gasteiger partial charge in [0, 0.05) is 23.8 Å². The minimum atomic E-state index is -1.14. The van der Waals surface area contributed by atoms with Crippen LogP contribution < -0.4 is 5.43 Å². The van der Waals surface area contributed by atoms with E-state index >= 15 is 0 Å². The van der Waals surface area contributed by atoms with Crippen molar-refractivity contribution in [3.63, 3.8) is 0 Å². The topological polar surface area (TPSA) is 82.5 Å². The van der Waals surface area contributed by atoms with Crippen LogP contribution in [0.25, 0.3) is 0 Å².